The van der Waals surface area contributed by atoms with E-state index in [4.69, 9.17) is 9.47 Å². The van der Waals surface area contributed by atoms with Gasteiger partial charge in [0.15, 0.2) is 0 Å². The Kier molecular flexibility index (Phi) is 4.38. The number of phenols is 1. The Balaban J connectivity index is 1.83. The molecule has 0 bridgehead atoms. The molecule has 0 saturated carbocycles. The van der Waals surface area contributed by atoms with Crippen molar-refractivity contribution in [3.05, 3.63) is 69.8 Å². The van der Waals surface area contributed by atoms with E-state index in [0.29, 0.717) is 17.1 Å². The minimum Gasteiger partial charge on any atom is -0.507 e. The van der Waals surface area contributed by atoms with Crippen LogP contribution in [0.5, 0.6) is 11.5 Å². The number of hydrogen-bond donors (Lipinski definition) is 1. The van der Waals surface area contributed by atoms with Crippen LogP contribution in [0.15, 0.2) is 47.3 Å². The molecule has 25 heavy (non-hydrogen) atoms. The van der Waals surface area contributed by atoms with Crippen LogP contribution in [-0.2, 0) is 11.3 Å². The third-order valence-corrected chi connectivity index (χ3v) is 3.71. The van der Waals surface area contributed by atoms with Gasteiger partial charge >= 0.3 is 5.97 Å². The fourth-order valence-corrected chi connectivity index (χ4v) is 2.46. The summed E-state index contributed by atoms with van der Waals surface area (Å²) in [4.78, 5) is 28.7. The Hall–Kier alpha value is -3.35. The molecule has 1 aromatic carbocycles. The number of nitrogens with zero attached hydrogens (tertiary/aromatic N) is 2. The van der Waals surface area contributed by atoms with Crippen LogP contribution in [0, 0.1) is 6.92 Å². The molecule has 0 spiro atoms. The van der Waals surface area contributed by atoms with Crippen LogP contribution in [0.25, 0.3) is 5.65 Å². The number of phenolic OH excluding ortho intramolecular Hbond substituents is 1. The van der Waals surface area contributed by atoms with Crippen molar-refractivity contribution in [3.63, 3.8) is 0 Å². The predicted octanol–water partition coefficient (Wildman–Crippen LogP) is 2.07. The first-order chi connectivity index (χ1) is 12.0. The molecule has 0 aliphatic heterocycles. The lowest BCUT2D eigenvalue weighted by Crippen LogP contribution is -2.18. The lowest BCUT2D eigenvalue weighted by atomic mass is 10.2. The Labute approximate surface area is 143 Å². The van der Waals surface area contributed by atoms with Crippen molar-refractivity contribution in [2.75, 3.05) is 7.11 Å². The Bertz CT molecular complexity index is 1010. The van der Waals surface area contributed by atoms with E-state index in [1.54, 1.807) is 25.1 Å². The predicted molar refractivity (Wildman–Crippen MR) is 90.0 cm³/mol. The van der Waals surface area contributed by atoms with Crippen LogP contribution in [-0.4, -0.2) is 27.6 Å². The van der Waals surface area contributed by atoms with Gasteiger partial charge in [-0.25, -0.2) is 9.78 Å². The van der Waals surface area contributed by atoms with E-state index in [1.165, 1.54) is 35.8 Å². The van der Waals surface area contributed by atoms with Gasteiger partial charge in [-0.3, -0.25) is 9.20 Å². The Morgan fingerprint density at radius 1 is 1.24 bits per heavy atom. The highest BCUT2D eigenvalue weighted by Crippen LogP contribution is 2.23. The SMILES string of the molecule is COc1ccc(O)c(C(=O)OCc2cc(=O)n3c(C)cccc3n2)c1. The van der Waals surface area contributed by atoms with Crippen LogP contribution < -0.4 is 10.3 Å². The van der Waals surface area contributed by atoms with Crippen molar-refractivity contribution >= 4 is 11.6 Å². The average Bonchev–Trinajstić information content (AvgIpc) is 2.60. The number of aromatic hydroxyl groups is 1. The van der Waals surface area contributed by atoms with Crippen molar-refractivity contribution in [2.45, 2.75) is 13.5 Å². The summed E-state index contributed by atoms with van der Waals surface area (Å²) in [7, 11) is 1.45. The third kappa shape index (κ3) is 3.30. The molecule has 0 fully saturated rings. The van der Waals surface area contributed by atoms with E-state index in [1.807, 2.05) is 0 Å². The molecule has 0 saturated heterocycles. The summed E-state index contributed by atoms with van der Waals surface area (Å²) in [6.07, 6.45) is 0. The van der Waals surface area contributed by atoms with Crippen LogP contribution >= 0.6 is 0 Å². The van der Waals surface area contributed by atoms with Crippen molar-refractivity contribution in [3.8, 4) is 11.5 Å². The van der Waals surface area contributed by atoms with Gasteiger partial charge in [-0.05, 0) is 37.3 Å². The number of ether oxygens (including phenoxy) is 2. The molecule has 0 radical (unpaired) electrons. The van der Waals surface area contributed by atoms with Crippen LogP contribution in [0.3, 0.4) is 0 Å². The smallest absolute Gasteiger partial charge is 0.342 e. The molecular formula is C18H16N2O5. The molecule has 2 heterocycles. The number of methoxy groups -OCH3 is 1. The van der Waals surface area contributed by atoms with Crippen LogP contribution in [0.2, 0.25) is 0 Å². The third-order valence-electron chi connectivity index (χ3n) is 3.71. The van der Waals surface area contributed by atoms with E-state index in [-0.39, 0.29) is 23.5 Å². The number of pyridine rings is 1. The molecule has 3 aromatic rings. The highest BCUT2D eigenvalue weighted by Gasteiger charge is 2.15. The van der Waals surface area contributed by atoms with E-state index in [0.717, 1.165) is 5.69 Å². The molecule has 2 aromatic heterocycles. The lowest BCUT2D eigenvalue weighted by Gasteiger charge is -2.09. The number of aryl methyl sites for hydroxylation is 1. The molecule has 7 heteroatoms. The average molecular weight is 340 g/mol. The molecular weight excluding hydrogens is 324 g/mol. The van der Waals surface area contributed by atoms with E-state index < -0.39 is 5.97 Å². The summed E-state index contributed by atoms with van der Waals surface area (Å²) in [6.45, 7) is 1.62. The number of carbonyl (C=O) groups excluding carboxylic acids is 1. The maximum Gasteiger partial charge on any atom is 0.342 e. The molecule has 1 N–H and O–H groups in total. The van der Waals surface area contributed by atoms with Crippen molar-refractivity contribution in [2.24, 2.45) is 0 Å². The lowest BCUT2D eigenvalue weighted by molar-refractivity contribution is 0.0464. The summed E-state index contributed by atoms with van der Waals surface area (Å²) < 4.78 is 11.7. The van der Waals surface area contributed by atoms with Gasteiger partial charge in [-0.2, -0.15) is 0 Å². The molecule has 3 rings (SSSR count). The largest absolute Gasteiger partial charge is 0.507 e. The Morgan fingerprint density at radius 2 is 2.04 bits per heavy atom. The fraction of sp³-hybridized carbons (Fsp3) is 0.167. The number of esters is 1. The second-order valence-corrected chi connectivity index (χ2v) is 5.41. The summed E-state index contributed by atoms with van der Waals surface area (Å²) in [5.74, 6) is -0.530. The highest BCUT2D eigenvalue weighted by molar-refractivity contribution is 5.92. The van der Waals surface area contributed by atoms with Gasteiger partial charge in [0.2, 0.25) is 0 Å². The second-order valence-electron chi connectivity index (χ2n) is 5.41. The zero-order valence-corrected chi connectivity index (χ0v) is 13.7. The van der Waals surface area contributed by atoms with Gasteiger partial charge < -0.3 is 14.6 Å². The standard InChI is InChI=1S/C18H16N2O5/c1-11-4-3-5-16-19-12(8-17(22)20(11)16)10-25-18(23)14-9-13(24-2)6-7-15(14)21/h3-9,21H,10H2,1-2H3. The number of hydrogen-bond acceptors (Lipinski definition) is 6. The normalized spacial score (nSPS) is 10.6. The molecule has 0 amide bonds. The zero-order chi connectivity index (χ0) is 18.0. The quantitative estimate of drug-likeness (QED) is 0.731. The van der Waals surface area contributed by atoms with Gasteiger partial charge in [0.25, 0.3) is 5.56 Å². The summed E-state index contributed by atoms with van der Waals surface area (Å²) >= 11 is 0. The fourth-order valence-electron chi connectivity index (χ4n) is 2.46. The van der Waals surface area contributed by atoms with Gasteiger partial charge in [0, 0.05) is 11.8 Å². The van der Waals surface area contributed by atoms with Crippen LogP contribution in [0.4, 0.5) is 0 Å². The summed E-state index contributed by atoms with van der Waals surface area (Å²) in [5, 5.41) is 9.79. The van der Waals surface area contributed by atoms with Gasteiger partial charge in [-0.1, -0.05) is 6.07 Å². The van der Waals surface area contributed by atoms with Crippen molar-refractivity contribution in [1.82, 2.24) is 9.38 Å². The van der Waals surface area contributed by atoms with Gasteiger partial charge in [0.1, 0.15) is 29.3 Å². The first kappa shape index (κ1) is 16.5. The topological polar surface area (TPSA) is 90.1 Å². The van der Waals surface area contributed by atoms with E-state index in [2.05, 4.69) is 4.98 Å². The van der Waals surface area contributed by atoms with Crippen molar-refractivity contribution in [1.29, 1.82) is 0 Å². The van der Waals surface area contributed by atoms with Crippen LogP contribution in [0.1, 0.15) is 21.7 Å². The first-order valence-electron chi connectivity index (χ1n) is 7.52. The first-order valence-corrected chi connectivity index (χ1v) is 7.52. The minimum atomic E-state index is -0.734. The molecule has 0 unspecified atom stereocenters. The Morgan fingerprint density at radius 3 is 2.80 bits per heavy atom. The molecule has 0 aliphatic carbocycles. The van der Waals surface area contributed by atoms with E-state index >= 15 is 0 Å². The second kappa shape index (κ2) is 6.64. The molecule has 128 valence electrons. The summed E-state index contributed by atoms with van der Waals surface area (Å²) in [6, 6.07) is 10.9. The summed E-state index contributed by atoms with van der Waals surface area (Å²) in [5.41, 5.74) is 1.29. The zero-order valence-electron chi connectivity index (χ0n) is 13.7. The maximum atomic E-state index is 12.2. The number of aromatic nitrogens is 2. The molecule has 7 nitrogen and oxygen atoms in total. The van der Waals surface area contributed by atoms with Crippen molar-refractivity contribution < 1.29 is 19.4 Å². The van der Waals surface area contributed by atoms with Gasteiger partial charge in [0.05, 0.1) is 12.8 Å². The number of rotatable bonds is 4. The number of carbonyl (C=O) groups is 1. The van der Waals surface area contributed by atoms with E-state index in [9.17, 15) is 14.7 Å². The minimum absolute atomic E-state index is 0.0206. The number of benzene rings is 1. The molecule has 0 atom stereocenters. The number of fused-ring (bicyclic) bond motifs is 1. The monoisotopic (exact) mass is 340 g/mol. The molecule has 0 aliphatic rings. The van der Waals surface area contributed by atoms with Gasteiger partial charge in [-0.15, -0.1) is 0 Å². The highest BCUT2D eigenvalue weighted by atomic mass is 16.5. The maximum absolute atomic E-state index is 12.2.